The molecule has 1 N–H and O–H groups in total. The van der Waals surface area contributed by atoms with Crippen molar-refractivity contribution in [2.45, 2.75) is 47.0 Å². The number of unbranched alkanes of at least 4 members (excludes halogenated alkanes) is 2. The molecule has 0 heterocycles. The summed E-state index contributed by atoms with van der Waals surface area (Å²) in [6.45, 7) is 8.73. The summed E-state index contributed by atoms with van der Waals surface area (Å²) < 4.78 is 5.07. The molecule has 20 heavy (non-hydrogen) atoms. The van der Waals surface area contributed by atoms with E-state index in [9.17, 15) is 4.79 Å². The number of rotatable bonds is 7. The first kappa shape index (κ1) is 20.9. The molecule has 0 amide bonds. The Bertz CT molecular complexity index is 299. The zero-order valence-corrected chi connectivity index (χ0v) is 13.1. The molecule has 0 saturated carbocycles. The molecule has 0 saturated heterocycles. The van der Waals surface area contributed by atoms with Gasteiger partial charge in [0.2, 0.25) is 0 Å². The van der Waals surface area contributed by atoms with Crippen molar-refractivity contribution in [1.29, 1.82) is 0 Å². The van der Waals surface area contributed by atoms with Gasteiger partial charge in [0.1, 0.15) is 0 Å². The predicted molar refractivity (Wildman–Crippen MR) is 81.9 cm³/mol. The van der Waals surface area contributed by atoms with Gasteiger partial charge < -0.3 is 4.74 Å². The van der Waals surface area contributed by atoms with E-state index in [1.807, 2.05) is 33.8 Å². The summed E-state index contributed by atoms with van der Waals surface area (Å²) in [5, 5.41) is 8.07. The number of benzene rings is 1. The lowest BCUT2D eigenvalue weighted by Gasteiger charge is -2.04. The summed E-state index contributed by atoms with van der Waals surface area (Å²) in [5.41, 5.74) is 0.571. The minimum atomic E-state index is -0.293. The highest BCUT2D eigenvalue weighted by Crippen LogP contribution is 2.02. The van der Waals surface area contributed by atoms with Crippen LogP contribution >= 0.6 is 0 Å². The zero-order chi connectivity index (χ0) is 15.6. The van der Waals surface area contributed by atoms with Crippen LogP contribution in [0.2, 0.25) is 0 Å². The van der Waals surface area contributed by atoms with Crippen molar-refractivity contribution < 1.29 is 19.7 Å². The molecule has 116 valence electrons. The molecule has 1 aromatic rings. The number of ether oxygens (including phenoxy) is 1. The molecule has 0 atom stereocenters. The van der Waals surface area contributed by atoms with Crippen LogP contribution in [0, 0.1) is 0 Å². The Morgan fingerprint density at radius 2 is 1.50 bits per heavy atom. The minimum Gasteiger partial charge on any atom is -0.462 e. The van der Waals surface area contributed by atoms with Crippen molar-refractivity contribution in [3.63, 3.8) is 0 Å². The van der Waals surface area contributed by atoms with E-state index in [0.717, 1.165) is 19.3 Å². The number of carbonyl (C=O) groups excluding carboxylic acids is 1. The average molecular weight is 284 g/mol. The zero-order valence-electron chi connectivity index (χ0n) is 13.1. The SMILES string of the molecule is CC.CC.O=C(OCCCCCOO)c1ccccc1. The topological polar surface area (TPSA) is 55.8 Å². The fraction of sp³-hybridized carbons (Fsp3) is 0.562. The second-order valence-corrected chi connectivity index (χ2v) is 3.40. The fourth-order valence-electron chi connectivity index (χ4n) is 1.27. The Morgan fingerprint density at radius 1 is 0.950 bits per heavy atom. The van der Waals surface area contributed by atoms with Crippen molar-refractivity contribution >= 4 is 5.97 Å². The number of hydrogen-bond donors (Lipinski definition) is 1. The van der Waals surface area contributed by atoms with Crippen LogP contribution in [-0.2, 0) is 9.62 Å². The summed E-state index contributed by atoms with van der Waals surface area (Å²) >= 11 is 0. The van der Waals surface area contributed by atoms with E-state index in [2.05, 4.69) is 4.89 Å². The van der Waals surface area contributed by atoms with E-state index >= 15 is 0 Å². The average Bonchev–Trinajstić information content (AvgIpc) is 2.55. The lowest BCUT2D eigenvalue weighted by atomic mass is 10.2. The first-order chi connectivity index (χ1) is 9.84. The van der Waals surface area contributed by atoms with Gasteiger partial charge in [0, 0.05) is 0 Å². The minimum absolute atomic E-state index is 0.293. The summed E-state index contributed by atoms with van der Waals surface area (Å²) in [6.07, 6.45) is 2.41. The molecule has 1 rings (SSSR count). The molecular weight excluding hydrogens is 256 g/mol. The normalized spacial score (nSPS) is 8.65. The highest BCUT2D eigenvalue weighted by atomic mass is 17.1. The van der Waals surface area contributed by atoms with Crippen molar-refractivity contribution in [1.82, 2.24) is 0 Å². The van der Waals surface area contributed by atoms with Crippen molar-refractivity contribution in [3.05, 3.63) is 35.9 Å². The van der Waals surface area contributed by atoms with Crippen LogP contribution in [0.3, 0.4) is 0 Å². The van der Waals surface area contributed by atoms with Crippen molar-refractivity contribution in [3.8, 4) is 0 Å². The van der Waals surface area contributed by atoms with Gasteiger partial charge in [0.25, 0.3) is 0 Å². The van der Waals surface area contributed by atoms with Crippen LogP contribution in [0.1, 0.15) is 57.3 Å². The van der Waals surface area contributed by atoms with E-state index in [4.69, 9.17) is 9.99 Å². The van der Waals surface area contributed by atoms with Crippen LogP contribution < -0.4 is 0 Å². The van der Waals surface area contributed by atoms with Crippen molar-refractivity contribution in [2.75, 3.05) is 13.2 Å². The van der Waals surface area contributed by atoms with Gasteiger partial charge in [-0.15, -0.1) is 0 Å². The Balaban J connectivity index is 0. The van der Waals surface area contributed by atoms with Gasteiger partial charge in [-0.25, -0.2) is 9.68 Å². The molecule has 0 aliphatic carbocycles. The molecule has 0 aliphatic heterocycles. The molecule has 0 fully saturated rings. The summed E-state index contributed by atoms with van der Waals surface area (Å²) in [5.74, 6) is -0.293. The lowest BCUT2D eigenvalue weighted by Crippen LogP contribution is -2.06. The Hall–Kier alpha value is -1.39. The van der Waals surface area contributed by atoms with Crippen LogP contribution in [-0.4, -0.2) is 24.4 Å². The monoisotopic (exact) mass is 284 g/mol. The fourth-order valence-corrected chi connectivity index (χ4v) is 1.27. The molecular formula is C16H28O4. The van der Waals surface area contributed by atoms with Gasteiger partial charge >= 0.3 is 5.97 Å². The first-order valence-corrected chi connectivity index (χ1v) is 7.33. The van der Waals surface area contributed by atoms with Gasteiger partial charge in [-0.1, -0.05) is 45.9 Å². The summed E-state index contributed by atoms with van der Waals surface area (Å²) in [6, 6.07) is 8.90. The third-order valence-corrected chi connectivity index (χ3v) is 2.12. The van der Waals surface area contributed by atoms with E-state index < -0.39 is 0 Å². The maximum absolute atomic E-state index is 11.4. The van der Waals surface area contributed by atoms with Crippen molar-refractivity contribution in [2.24, 2.45) is 0 Å². The van der Waals surface area contributed by atoms with Gasteiger partial charge in [0.05, 0.1) is 18.8 Å². The molecule has 0 aliphatic rings. The second kappa shape index (κ2) is 17.6. The second-order valence-electron chi connectivity index (χ2n) is 3.40. The largest absolute Gasteiger partial charge is 0.462 e. The number of carbonyl (C=O) groups is 1. The predicted octanol–water partition coefficient (Wildman–Crippen LogP) is 4.56. The molecule has 0 aromatic heterocycles. The van der Waals surface area contributed by atoms with Gasteiger partial charge in [-0.2, -0.15) is 0 Å². The summed E-state index contributed by atoms with van der Waals surface area (Å²) in [7, 11) is 0. The Labute approximate surface area is 122 Å². The van der Waals surface area contributed by atoms with E-state index in [0.29, 0.717) is 18.8 Å². The highest BCUT2D eigenvalue weighted by molar-refractivity contribution is 5.89. The van der Waals surface area contributed by atoms with Gasteiger partial charge in [-0.05, 0) is 31.4 Å². The summed E-state index contributed by atoms with van der Waals surface area (Å²) in [4.78, 5) is 15.4. The molecule has 0 spiro atoms. The van der Waals surface area contributed by atoms with Gasteiger partial charge in [-0.3, -0.25) is 5.26 Å². The smallest absolute Gasteiger partial charge is 0.338 e. The standard InChI is InChI=1S/C12H16O4.2C2H6/c13-12(11-7-3-1-4-8-11)15-9-5-2-6-10-16-14;2*1-2/h1,3-4,7-8,14H,2,5-6,9-10H2;2*1-2H3. The molecule has 1 aromatic carbocycles. The van der Waals surface area contributed by atoms with Crippen LogP contribution in [0.25, 0.3) is 0 Å². The molecule has 4 nitrogen and oxygen atoms in total. The highest BCUT2D eigenvalue weighted by Gasteiger charge is 2.04. The van der Waals surface area contributed by atoms with Crippen LogP contribution in [0.4, 0.5) is 0 Å². The lowest BCUT2D eigenvalue weighted by molar-refractivity contribution is -0.242. The number of esters is 1. The van der Waals surface area contributed by atoms with Crippen LogP contribution in [0.5, 0.6) is 0 Å². The number of hydrogen-bond acceptors (Lipinski definition) is 4. The van der Waals surface area contributed by atoms with Crippen LogP contribution in [0.15, 0.2) is 30.3 Å². The van der Waals surface area contributed by atoms with E-state index in [1.165, 1.54) is 0 Å². The van der Waals surface area contributed by atoms with E-state index in [-0.39, 0.29) is 5.97 Å². The molecule has 4 heteroatoms. The Kier molecular flexibility index (Phi) is 18.4. The Morgan fingerprint density at radius 3 is 2.05 bits per heavy atom. The maximum atomic E-state index is 11.4. The molecule has 0 radical (unpaired) electrons. The maximum Gasteiger partial charge on any atom is 0.338 e. The molecule has 0 unspecified atom stereocenters. The molecule has 0 bridgehead atoms. The first-order valence-electron chi connectivity index (χ1n) is 7.33. The quantitative estimate of drug-likeness (QED) is 0.345. The van der Waals surface area contributed by atoms with Gasteiger partial charge in [0.15, 0.2) is 0 Å². The third-order valence-electron chi connectivity index (χ3n) is 2.12. The van der Waals surface area contributed by atoms with E-state index in [1.54, 1.807) is 24.3 Å². The third kappa shape index (κ3) is 11.7.